The topological polar surface area (TPSA) is 63.2 Å². The van der Waals surface area contributed by atoms with Crippen molar-refractivity contribution in [3.63, 3.8) is 0 Å². The molecule has 0 spiro atoms. The Bertz CT molecular complexity index is 60.0. The van der Waals surface area contributed by atoms with Gasteiger partial charge in [0.15, 0.2) is 0 Å². The molecule has 0 rings (SSSR count). The Labute approximate surface area is 80.6 Å². The Morgan fingerprint density at radius 2 is 1.80 bits per heavy atom. The van der Waals surface area contributed by atoms with Crippen LogP contribution in [0.1, 0.15) is 26.7 Å². The number of hydrogen-bond donors (Lipinski definition) is 0. The van der Waals surface area contributed by atoms with Crippen molar-refractivity contribution in [3.05, 3.63) is 0 Å². The molecule has 0 fully saturated rings. The van der Waals surface area contributed by atoms with Crippen LogP contribution in [0, 0.1) is 0 Å². The van der Waals surface area contributed by atoms with E-state index in [2.05, 4.69) is 0 Å². The first kappa shape index (κ1) is 16.7. The van der Waals surface area contributed by atoms with Crippen LogP contribution in [0.4, 0.5) is 0 Å². The summed E-state index contributed by atoms with van der Waals surface area (Å²) < 4.78 is 0. The number of unbranched alkanes of at least 4 members (excludes halogenated alkanes) is 1. The van der Waals surface area contributed by atoms with Gasteiger partial charge in [0.25, 0.3) is 0 Å². The standard InChI is InChI=1S/C4H9O.C2H4O2.Zr/c1-2-3-4-5;1-2(3)4;/h2-4H2,1H3;1H3,(H,3,4);/q-1;;+2/p-1. The maximum Gasteiger partial charge on any atom is 2.00 e. The molecule has 0 N–H and O–H groups in total. The molecule has 4 heteroatoms. The molecule has 3 nitrogen and oxygen atoms in total. The Morgan fingerprint density at radius 3 is 1.80 bits per heavy atom. The number of carbonyl (C=O) groups excluding carboxylic acids is 1. The van der Waals surface area contributed by atoms with Gasteiger partial charge >= 0.3 is 26.2 Å². The summed E-state index contributed by atoms with van der Waals surface area (Å²) in [7, 11) is 0. The molecule has 0 aliphatic heterocycles. The number of rotatable bonds is 2. The zero-order valence-electron chi connectivity index (χ0n) is 6.35. The molecule has 0 atom stereocenters. The van der Waals surface area contributed by atoms with Gasteiger partial charge in [0.1, 0.15) is 0 Å². The van der Waals surface area contributed by atoms with E-state index >= 15 is 0 Å². The van der Waals surface area contributed by atoms with E-state index in [9.17, 15) is 5.11 Å². The smallest absolute Gasteiger partial charge is 0.854 e. The average molecular weight is 223 g/mol. The number of hydrogen-bond acceptors (Lipinski definition) is 3. The van der Waals surface area contributed by atoms with Crippen LogP contribution in [-0.2, 0) is 31.0 Å². The second-order valence-corrected chi connectivity index (χ2v) is 1.55. The zero-order valence-corrected chi connectivity index (χ0v) is 8.80. The van der Waals surface area contributed by atoms with Crippen LogP contribution < -0.4 is 10.2 Å². The fraction of sp³-hybridized carbons (Fsp3) is 0.833. The van der Waals surface area contributed by atoms with E-state index < -0.39 is 5.97 Å². The average Bonchev–Trinajstić information content (AvgIpc) is 1.66. The Kier molecular flexibility index (Phi) is 27.0. The number of aliphatic carboxylic acids is 1. The summed E-state index contributed by atoms with van der Waals surface area (Å²) in [5, 5.41) is 18.4. The first-order chi connectivity index (χ1) is 4.15. The number of carbonyl (C=O) groups is 1. The van der Waals surface area contributed by atoms with Gasteiger partial charge in [-0.25, -0.2) is 0 Å². The molecule has 0 amide bonds. The Hall–Kier alpha value is 0.313. The van der Waals surface area contributed by atoms with E-state index in [1.807, 2.05) is 6.92 Å². The van der Waals surface area contributed by atoms with Gasteiger partial charge in [0, 0.05) is 5.97 Å². The first-order valence-corrected chi connectivity index (χ1v) is 2.90. The predicted molar refractivity (Wildman–Crippen MR) is 30.5 cm³/mol. The van der Waals surface area contributed by atoms with Crippen molar-refractivity contribution in [1.82, 2.24) is 0 Å². The maximum atomic E-state index is 9.53. The normalized spacial score (nSPS) is 6.70. The molecule has 0 saturated heterocycles. The number of carboxylic acid groups (broad SMARTS) is 1. The molecule has 58 valence electrons. The van der Waals surface area contributed by atoms with Gasteiger partial charge in [-0.2, -0.15) is 0 Å². The maximum absolute atomic E-state index is 9.53. The van der Waals surface area contributed by atoms with Gasteiger partial charge in [0.2, 0.25) is 0 Å². The van der Waals surface area contributed by atoms with Gasteiger partial charge in [-0.15, -0.1) is 6.61 Å². The van der Waals surface area contributed by atoms with Crippen molar-refractivity contribution in [1.29, 1.82) is 0 Å². The second kappa shape index (κ2) is 16.1. The zero-order chi connectivity index (χ0) is 7.70. The van der Waals surface area contributed by atoms with Gasteiger partial charge in [-0.05, 0) is 6.92 Å². The minimum atomic E-state index is -1.08. The fourth-order valence-electron chi connectivity index (χ4n) is 0.144. The van der Waals surface area contributed by atoms with E-state index in [1.165, 1.54) is 0 Å². The number of carboxylic acids is 1. The van der Waals surface area contributed by atoms with Crippen molar-refractivity contribution in [2.75, 3.05) is 6.61 Å². The second-order valence-electron chi connectivity index (χ2n) is 1.55. The van der Waals surface area contributed by atoms with Crippen molar-refractivity contribution < 1.29 is 41.2 Å². The van der Waals surface area contributed by atoms with Crippen LogP contribution in [0.5, 0.6) is 0 Å². The summed E-state index contributed by atoms with van der Waals surface area (Å²) >= 11 is 0. The molecule has 0 bridgehead atoms. The first-order valence-electron chi connectivity index (χ1n) is 2.90. The van der Waals surface area contributed by atoms with Crippen molar-refractivity contribution in [3.8, 4) is 0 Å². The summed E-state index contributed by atoms with van der Waals surface area (Å²) in [5.74, 6) is -1.08. The van der Waals surface area contributed by atoms with E-state index in [4.69, 9.17) is 9.90 Å². The van der Waals surface area contributed by atoms with Crippen molar-refractivity contribution in [2.45, 2.75) is 26.7 Å². The molecule has 0 aromatic rings. The summed E-state index contributed by atoms with van der Waals surface area (Å²) in [5.41, 5.74) is 0. The Balaban J connectivity index is -0.0000000910. The van der Waals surface area contributed by atoms with Gasteiger partial charge < -0.3 is 15.0 Å². The van der Waals surface area contributed by atoms with Crippen LogP contribution in [0.3, 0.4) is 0 Å². The quantitative estimate of drug-likeness (QED) is 0.597. The van der Waals surface area contributed by atoms with Crippen LogP contribution in [-0.4, -0.2) is 12.6 Å². The largest absolute Gasteiger partial charge is 2.00 e. The monoisotopic (exact) mass is 222 g/mol. The molecule has 0 heterocycles. The molecule has 0 aromatic carbocycles. The van der Waals surface area contributed by atoms with Crippen LogP contribution >= 0.6 is 0 Å². The summed E-state index contributed by atoms with van der Waals surface area (Å²) in [6, 6.07) is 0. The van der Waals surface area contributed by atoms with Crippen molar-refractivity contribution in [2.24, 2.45) is 0 Å². The van der Waals surface area contributed by atoms with Crippen molar-refractivity contribution >= 4 is 5.97 Å². The third-order valence-electron chi connectivity index (χ3n) is 0.498. The van der Waals surface area contributed by atoms with Crippen LogP contribution in [0.2, 0.25) is 0 Å². The van der Waals surface area contributed by atoms with E-state index in [-0.39, 0.29) is 32.8 Å². The molecule has 0 radical (unpaired) electrons. The third-order valence-corrected chi connectivity index (χ3v) is 0.498. The SMILES string of the molecule is CC(=O)[O-].CCCC[O-].[Zr+2]. The molecule has 0 saturated carbocycles. The molecule has 10 heavy (non-hydrogen) atoms. The minimum Gasteiger partial charge on any atom is -0.854 e. The predicted octanol–water partition coefficient (Wildman–Crippen LogP) is -1.10. The summed E-state index contributed by atoms with van der Waals surface area (Å²) in [4.78, 5) is 8.89. The van der Waals surface area contributed by atoms with Crippen LogP contribution in [0.25, 0.3) is 0 Å². The molecule has 0 unspecified atom stereocenters. The fourth-order valence-corrected chi connectivity index (χ4v) is 0.144. The van der Waals surface area contributed by atoms with Gasteiger partial charge in [0.05, 0.1) is 0 Å². The summed E-state index contributed by atoms with van der Waals surface area (Å²) in [6.07, 6.45) is 1.86. The molecule has 0 aromatic heterocycles. The van der Waals surface area contributed by atoms with E-state index in [0.29, 0.717) is 0 Å². The van der Waals surface area contributed by atoms with Gasteiger partial charge in [-0.3, -0.25) is 0 Å². The molecule has 0 aliphatic carbocycles. The third kappa shape index (κ3) is 83.1. The molecular formula is C6H12O3Zr. The minimum absolute atomic E-state index is 0. The molecular weight excluding hydrogens is 211 g/mol. The van der Waals surface area contributed by atoms with Gasteiger partial charge in [-0.1, -0.05) is 19.8 Å². The van der Waals surface area contributed by atoms with Crippen LogP contribution in [0.15, 0.2) is 0 Å². The Morgan fingerprint density at radius 1 is 1.50 bits per heavy atom. The summed E-state index contributed by atoms with van der Waals surface area (Å²) in [6.45, 7) is 3.08. The van der Waals surface area contributed by atoms with E-state index in [0.717, 1.165) is 19.8 Å². The van der Waals surface area contributed by atoms with E-state index in [1.54, 1.807) is 0 Å². The molecule has 0 aliphatic rings.